The molecule has 0 saturated heterocycles. The van der Waals surface area contributed by atoms with Crippen LogP contribution in [-0.2, 0) is 4.79 Å². The largest absolute Gasteiger partial charge is 0.511 e. The summed E-state index contributed by atoms with van der Waals surface area (Å²) in [5.74, 6) is 0.481. The third-order valence-electron chi connectivity index (χ3n) is 5.71. The van der Waals surface area contributed by atoms with Crippen molar-refractivity contribution in [2.45, 2.75) is 76.2 Å². The van der Waals surface area contributed by atoms with E-state index in [-0.39, 0.29) is 27.9 Å². The van der Waals surface area contributed by atoms with Gasteiger partial charge in [0.25, 0.3) is 0 Å². The van der Waals surface area contributed by atoms with Gasteiger partial charge in [-0.2, -0.15) is 0 Å². The number of aliphatic hydroxyl groups excluding tert-OH is 1. The first kappa shape index (κ1) is 22.5. The van der Waals surface area contributed by atoms with Crippen molar-refractivity contribution in [2.75, 3.05) is 0 Å². The molecule has 0 amide bonds. The standard InChI is InChI=1S/C26H38O2/c1-15-12-16(2)22(27)21(26(9,10)11)20(15)17-13-18(24(3,4)5)23(28)19(14-17)25(6,7)8/h12-14,21,27H,1-11H3. The van der Waals surface area contributed by atoms with Crippen LogP contribution < -0.4 is 0 Å². The number of hydrogen-bond donors (Lipinski definition) is 1. The second kappa shape index (κ2) is 6.90. The molecule has 1 N–H and O–H groups in total. The molecule has 28 heavy (non-hydrogen) atoms. The maximum atomic E-state index is 13.3. The first-order valence-corrected chi connectivity index (χ1v) is 10.3. The molecule has 2 aliphatic carbocycles. The molecule has 1 atom stereocenters. The Morgan fingerprint density at radius 3 is 1.57 bits per heavy atom. The van der Waals surface area contributed by atoms with E-state index < -0.39 is 0 Å². The van der Waals surface area contributed by atoms with Gasteiger partial charge >= 0.3 is 0 Å². The summed E-state index contributed by atoms with van der Waals surface area (Å²) in [4.78, 5) is 13.3. The van der Waals surface area contributed by atoms with E-state index >= 15 is 0 Å². The maximum Gasteiger partial charge on any atom is 0.186 e. The van der Waals surface area contributed by atoms with Crippen LogP contribution in [0.15, 0.2) is 57.4 Å². The zero-order chi connectivity index (χ0) is 21.8. The Labute approximate surface area is 171 Å². The average molecular weight is 383 g/mol. The van der Waals surface area contributed by atoms with E-state index in [9.17, 15) is 9.90 Å². The Morgan fingerprint density at radius 2 is 1.21 bits per heavy atom. The van der Waals surface area contributed by atoms with E-state index in [1.54, 1.807) is 0 Å². The summed E-state index contributed by atoms with van der Waals surface area (Å²) < 4.78 is 0. The lowest BCUT2D eigenvalue weighted by Gasteiger charge is -2.38. The molecule has 2 rings (SSSR count). The predicted octanol–water partition coefficient (Wildman–Crippen LogP) is 7.26. The Hall–Kier alpha value is -1.83. The minimum atomic E-state index is -0.245. The predicted molar refractivity (Wildman–Crippen MR) is 119 cm³/mol. The molecule has 0 aromatic carbocycles. The van der Waals surface area contributed by atoms with Gasteiger partial charge in [-0.1, -0.05) is 68.4 Å². The molecule has 2 nitrogen and oxygen atoms in total. The smallest absolute Gasteiger partial charge is 0.186 e. The second-order valence-corrected chi connectivity index (χ2v) is 11.5. The number of rotatable bonds is 0. The zero-order valence-electron chi connectivity index (χ0n) is 19.7. The van der Waals surface area contributed by atoms with Crippen molar-refractivity contribution < 1.29 is 9.90 Å². The molecule has 2 heteroatoms. The summed E-state index contributed by atoms with van der Waals surface area (Å²) in [6, 6.07) is 0. The molecule has 0 radical (unpaired) electrons. The molecule has 0 aromatic rings. The number of carbonyl (C=O) groups excluding carboxylic acids is 1. The molecular formula is C26H38O2. The van der Waals surface area contributed by atoms with Crippen molar-refractivity contribution in [1.29, 1.82) is 0 Å². The van der Waals surface area contributed by atoms with E-state index in [1.165, 1.54) is 0 Å². The van der Waals surface area contributed by atoms with Gasteiger partial charge in [0.15, 0.2) is 5.78 Å². The number of allylic oxidation sites excluding steroid dienone is 9. The third kappa shape index (κ3) is 4.11. The van der Waals surface area contributed by atoms with E-state index in [0.717, 1.165) is 33.4 Å². The van der Waals surface area contributed by atoms with Crippen LogP contribution in [0.3, 0.4) is 0 Å². The first-order valence-electron chi connectivity index (χ1n) is 10.3. The Balaban J connectivity index is 2.91. The van der Waals surface area contributed by atoms with Gasteiger partial charge in [-0.25, -0.2) is 0 Å². The molecule has 0 spiro atoms. The molecule has 154 valence electrons. The lowest BCUT2D eigenvalue weighted by atomic mass is 9.66. The lowest BCUT2D eigenvalue weighted by Crippen LogP contribution is -2.31. The molecule has 0 bridgehead atoms. The van der Waals surface area contributed by atoms with Gasteiger partial charge in [0.2, 0.25) is 0 Å². The third-order valence-corrected chi connectivity index (χ3v) is 5.71. The molecule has 0 fully saturated rings. The van der Waals surface area contributed by atoms with Crippen LogP contribution >= 0.6 is 0 Å². The van der Waals surface area contributed by atoms with Crippen molar-refractivity contribution >= 4 is 5.78 Å². The van der Waals surface area contributed by atoms with E-state index in [4.69, 9.17) is 0 Å². The van der Waals surface area contributed by atoms with Gasteiger partial charge in [-0.05, 0) is 64.5 Å². The number of carbonyl (C=O) groups is 1. The summed E-state index contributed by atoms with van der Waals surface area (Å²) in [5.41, 5.74) is 5.32. The van der Waals surface area contributed by atoms with Crippen molar-refractivity contribution in [3.63, 3.8) is 0 Å². The second-order valence-electron chi connectivity index (χ2n) is 11.5. The molecule has 1 unspecified atom stereocenters. The lowest BCUT2D eigenvalue weighted by molar-refractivity contribution is -0.114. The molecule has 0 heterocycles. The van der Waals surface area contributed by atoms with E-state index in [0.29, 0.717) is 5.76 Å². The molecule has 0 aromatic heterocycles. The van der Waals surface area contributed by atoms with Crippen molar-refractivity contribution in [3.8, 4) is 0 Å². The fourth-order valence-corrected chi connectivity index (χ4v) is 4.20. The minimum absolute atomic E-state index is 0.101. The summed E-state index contributed by atoms with van der Waals surface area (Å²) in [6.45, 7) is 23.1. The fraction of sp³-hybridized carbons (Fsp3) is 0.577. The van der Waals surface area contributed by atoms with Crippen LogP contribution in [-0.4, -0.2) is 10.9 Å². The van der Waals surface area contributed by atoms with Crippen LogP contribution in [0.2, 0.25) is 0 Å². The van der Waals surface area contributed by atoms with Gasteiger partial charge in [-0.15, -0.1) is 0 Å². The summed E-state index contributed by atoms with van der Waals surface area (Å²) in [5, 5.41) is 11.0. The highest BCUT2D eigenvalue weighted by Gasteiger charge is 2.39. The molecular weight excluding hydrogens is 344 g/mol. The maximum absolute atomic E-state index is 13.3. The van der Waals surface area contributed by atoms with Gasteiger partial charge in [0, 0.05) is 17.1 Å². The Morgan fingerprint density at radius 1 is 0.786 bits per heavy atom. The highest BCUT2D eigenvalue weighted by molar-refractivity contribution is 6.12. The van der Waals surface area contributed by atoms with E-state index in [2.05, 4.69) is 87.5 Å². The topological polar surface area (TPSA) is 37.3 Å². The first-order chi connectivity index (χ1) is 12.5. The average Bonchev–Trinajstić information content (AvgIpc) is 2.47. The van der Waals surface area contributed by atoms with Crippen LogP contribution in [0.25, 0.3) is 0 Å². The van der Waals surface area contributed by atoms with Gasteiger partial charge in [-0.3, -0.25) is 4.79 Å². The fourth-order valence-electron chi connectivity index (χ4n) is 4.20. The number of ketones is 1. The van der Waals surface area contributed by atoms with Gasteiger partial charge < -0.3 is 5.11 Å². The number of Topliss-reactive ketones (excluding diaryl/α,β-unsaturated/α-hetero) is 1. The SMILES string of the molecule is CC1=CC(C)=C(O)C(C(C)(C)C)C1=C1C=C(C(C)(C)C)C(=O)C(C(C)(C)C)=C1. The summed E-state index contributed by atoms with van der Waals surface area (Å²) >= 11 is 0. The van der Waals surface area contributed by atoms with Crippen molar-refractivity contribution in [1.82, 2.24) is 0 Å². The minimum Gasteiger partial charge on any atom is -0.511 e. The monoisotopic (exact) mass is 382 g/mol. The molecule has 0 saturated carbocycles. The summed E-state index contributed by atoms with van der Waals surface area (Å²) in [7, 11) is 0. The number of aliphatic hydroxyl groups is 1. The molecule has 2 aliphatic rings. The van der Waals surface area contributed by atoms with Gasteiger partial charge in [0.05, 0.1) is 0 Å². The van der Waals surface area contributed by atoms with Crippen molar-refractivity contribution in [2.24, 2.45) is 22.2 Å². The van der Waals surface area contributed by atoms with E-state index in [1.807, 2.05) is 6.92 Å². The van der Waals surface area contributed by atoms with Crippen LogP contribution in [0.4, 0.5) is 0 Å². The molecule has 0 aliphatic heterocycles. The zero-order valence-corrected chi connectivity index (χ0v) is 19.7. The Bertz CT molecular complexity index is 812. The van der Waals surface area contributed by atoms with Crippen molar-refractivity contribution in [3.05, 3.63) is 57.4 Å². The normalized spacial score (nSPS) is 22.3. The highest BCUT2D eigenvalue weighted by Crippen LogP contribution is 2.48. The van der Waals surface area contributed by atoms with Crippen LogP contribution in [0.1, 0.15) is 76.2 Å². The Kier molecular flexibility index (Phi) is 5.53. The van der Waals surface area contributed by atoms with Crippen LogP contribution in [0, 0.1) is 22.2 Å². The van der Waals surface area contributed by atoms with Gasteiger partial charge in [0.1, 0.15) is 5.76 Å². The summed E-state index contributed by atoms with van der Waals surface area (Å²) in [6.07, 6.45) is 6.19. The number of hydrogen-bond acceptors (Lipinski definition) is 2. The highest BCUT2D eigenvalue weighted by atomic mass is 16.3. The van der Waals surface area contributed by atoms with Crippen LogP contribution in [0.5, 0.6) is 0 Å². The quantitative estimate of drug-likeness (QED) is 0.478.